The Bertz CT molecular complexity index is 1030. The minimum atomic E-state index is -0.537. The number of hydrazine groups is 1. The van der Waals surface area contributed by atoms with Gasteiger partial charge in [-0.25, -0.2) is 0 Å². The zero-order valence-electron chi connectivity index (χ0n) is 16.6. The molecule has 0 radical (unpaired) electrons. The number of carbonyl (C=O) groups excluding carboxylic acids is 3. The topological polar surface area (TPSA) is 88.4 Å². The van der Waals surface area contributed by atoms with Gasteiger partial charge in [0.2, 0.25) is 5.91 Å². The molecule has 1 aromatic heterocycles. The molecule has 0 saturated heterocycles. The fraction of sp³-hybridized carbons (Fsp3) is 0.261. The lowest BCUT2D eigenvalue weighted by Crippen LogP contribution is -2.41. The van der Waals surface area contributed by atoms with Crippen molar-refractivity contribution in [1.29, 1.82) is 0 Å². The zero-order chi connectivity index (χ0) is 20.8. The first-order chi connectivity index (χ1) is 14.0. The normalized spacial score (nSPS) is 10.7. The standard InChI is InChI=1S/C23H24N2O4/c1-3-6-16-9-11-17(12-10-16)19(26)13-14-21(27)24-25-23(28)22-15(2)18-7-4-5-8-20(18)29-22/h4-5,7-12H,3,6,13-14H2,1-2H3,(H,24,27)(H,25,28). The van der Waals surface area contributed by atoms with Crippen LogP contribution < -0.4 is 10.9 Å². The SMILES string of the molecule is CCCc1ccc(C(=O)CCC(=O)NNC(=O)c2oc3ccccc3c2C)cc1. The van der Waals surface area contributed by atoms with Gasteiger partial charge in [-0.3, -0.25) is 25.2 Å². The van der Waals surface area contributed by atoms with Crippen LogP contribution in [0.3, 0.4) is 0 Å². The van der Waals surface area contributed by atoms with E-state index in [0.29, 0.717) is 16.7 Å². The molecule has 1 heterocycles. The second kappa shape index (κ2) is 9.19. The van der Waals surface area contributed by atoms with Gasteiger partial charge >= 0.3 is 5.91 Å². The molecule has 3 rings (SSSR count). The number of aryl methyl sites for hydroxylation is 2. The lowest BCUT2D eigenvalue weighted by molar-refractivity contribution is -0.121. The molecule has 0 saturated carbocycles. The lowest BCUT2D eigenvalue weighted by Gasteiger charge is -2.07. The molecule has 0 spiro atoms. The smallest absolute Gasteiger partial charge is 0.305 e. The predicted molar refractivity (Wildman–Crippen MR) is 111 cm³/mol. The van der Waals surface area contributed by atoms with Gasteiger partial charge in [-0.15, -0.1) is 0 Å². The highest BCUT2D eigenvalue weighted by atomic mass is 16.3. The van der Waals surface area contributed by atoms with Crippen molar-refractivity contribution >= 4 is 28.6 Å². The van der Waals surface area contributed by atoms with Gasteiger partial charge in [0, 0.05) is 29.4 Å². The van der Waals surface area contributed by atoms with Crippen LogP contribution >= 0.6 is 0 Å². The Morgan fingerprint density at radius 3 is 2.34 bits per heavy atom. The van der Waals surface area contributed by atoms with Gasteiger partial charge in [0.05, 0.1) is 0 Å². The minimum Gasteiger partial charge on any atom is -0.451 e. The molecule has 2 amide bonds. The van der Waals surface area contributed by atoms with Gasteiger partial charge in [0.1, 0.15) is 5.58 Å². The van der Waals surface area contributed by atoms with Gasteiger partial charge in [0.15, 0.2) is 11.5 Å². The van der Waals surface area contributed by atoms with Gasteiger partial charge < -0.3 is 4.42 Å². The number of amides is 2. The molecular weight excluding hydrogens is 368 g/mol. The van der Waals surface area contributed by atoms with Crippen LogP contribution in [0.4, 0.5) is 0 Å². The van der Waals surface area contributed by atoms with Crippen LogP contribution in [0.1, 0.15) is 58.2 Å². The number of rotatable bonds is 7. The molecule has 0 aliphatic rings. The molecule has 0 aliphatic carbocycles. The summed E-state index contributed by atoms with van der Waals surface area (Å²) in [4.78, 5) is 36.5. The number of furan rings is 1. The van der Waals surface area contributed by atoms with Crippen molar-refractivity contribution in [2.75, 3.05) is 0 Å². The first-order valence-electron chi connectivity index (χ1n) is 9.69. The van der Waals surface area contributed by atoms with Crippen LogP contribution in [0, 0.1) is 6.92 Å². The highest BCUT2D eigenvalue weighted by Crippen LogP contribution is 2.24. The molecule has 0 atom stereocenters. The van der Waals surface area contributed by atoms with Crippen LogP contribution in [-0.2, 0) is 11.2 Å². The molecule has 2 N–H and O–H groups in total. The average molecular weight is 392 g/mol. The van der Waals surface area contributed by atoms with Crippen molar-refractivity contribution < 1.29 is 18.8 Å². The first-order valence-corrected chi connectivity index (χ1v) is 9.69. The lowest BCUT2D eigenvalue weighted by atomic mass is 10.0. The molecule has 0 bridgehead atoms. The highest BCUT2D eigenvalue weighted by Gasteiger charge is 2.18. The van der Waals surface area contributed by atoms with E-state index < -0.39 is 11.8 Å². The second-order valence-electron chi connectivity index (χ2n) is 6.92. The van der Waals surface area contributed by atoms with Crippen LogP contribution in [-0.4, -0.2) is 17.6 Å². The van der Waals surface area contributed by atoms with Gasteiger partial charge in [-0.05, 0) is 25.0 Å². The average Bonchev–Trinajstić information content (AvgIpc) is 3.08. The summed E-state index contributed by atoms with van der Waals surface area (Å²) in [6.45, 7) is 3.89. The van der Waals surface area contributed by atoms with Crippen LogP contribution in [0.5, 0.6) is 0 Å². The highest BCUT2D eigenvalue weighted by molar-refractivity contribution is 6.00. The number of carbonyl (C=O) groups is 3. The quantitative estimate of drug-likeness (QED) is 0.468. The molecule has 0 unspecified atom stereocenters. The van der Waals surface area contributed by atoms with E-state index in [-0.39, 0.29) is 24.4 Å². The molecule has 0 fully saturated rings. The summed E-state index contributed by atoms with van der Waals surface area (Å²) in [5, 5.41) is 0.847. The molecule has 3 aromatic rings. The summed E-state index contributed by atoms with van der Waals surface area (Å²) in [7, 11) is 0. The molecule has 0 aliphatic heterocycles. The number of Topliss-reactive ketones (excluding diaryl/α,β-unsaturated/α-hetero) is 1. The van der Waals surface area contributed by atoms with Crippen molar-refractivity contribution in [3.05, 3.63) is 71.0 Å². The van der Waals surface area contributed by atoms with Crippen molar-refractivity contribution in [3.63, 3.8) is 0 Å². The second-order valence-corrected chi connectivity index (χ2v) is 6.92. The Labute approximate surface area is 169 Å². The maximum Gasteiger partial charge on any atom is 0.305 e. The summed E-state index contributed by atoms with van der Waals surface area (Å²) in [5.41, 5.74) is 7.76. The molecule has 6 nitrogen and oxygen atoms in total. The van der Waals surface area contributed by atoms with Crippen LogP contribution in [0.25, 0.3) is 11.0 Å². The van der Waals surface area contributed by atoms with E-state index in [1.54, 1.807) is 25.1 Å². The molecule has 2 aromatic carbocycles. The number of benzene rings is 2. The zero-order valence-corrected chi connectivity index (χ0v) is 16.6. The third-order valence-corrected chi connectivity index (χ3v) is 4.76. The number of nitrogens with one attached hydrogen (secondary N) is 2. The van der Waals surface area contributed by atoms with Crippen molar-refractivity contribution in [1.82, 2.24) is 10.9 Å². The Balaban J connectivity index is 1.49. The fourth-order valence-corrected chi connectivity index (χ4v) is 3.15. The third-order valence-electron chi connectivity index (χ3n) is 4.76. The van der Waals surface area contributed by atoms with Crippen molar-refractivity contribution in [2.24, 2.45) is 0 Å². The van der Waals surface area contributed by atoms with E-state index >= 15 is 0 Å². The van der Waals surface area contributed by atoms with E-state index in [1.807, 2.05) is 30.3 Å². The summed E-state index contributed by atoms with van der Waals surface area (Å²) < 4.78 is 5.56. The Hall–Kier alpha value is -3.41. The van der Waals surface area contributed by atoms with Crippen LogP contribution in [0.2, 0.25) is 0 Å². The number of para-hydroxylation sites is 1. The van der Waals surface area contributed by atoms with Crippen LogP contribution in [0.15, 0.2) is 52.9 Å². The van der Waals surface area contributed by atoms with Crippen molar-refractivity contribution in [2.45, 2.75) is 39.5 Å². The third kappa shape index (κ3) is 4.90. The fourth-order valence-electron chi connectivity index (χ4n) is 3.15. The summed E-state index contributed by atoms with van der Waals surface area (Å²) in [6, 6.07) is 14.8. The van der Waals surface area contributed by atoms with Crippen molar-refractivity contribution in [3.8, 4) is 0 Å². The Kier molecular flexibility index (Phi) is 6.44. The van der Waals surface area contributed by atoms with E-state index in [2.05, 4.69) is 17.8 Å². The van der Waals surface area contributed by atoms with E-state index in [0.717, 1.165) is 18.2 Å². The minimum absolute atomic E-state index is 0.0189. The number of hydrogen-bond acceptors (Lipinski definition) is 4. The number of hydrogen-bond donors (Lipinski definition) is 2. The molecule has 150 valence electrons. The summed E-state index contributed by atoms with van der Waals surface area (Å²) >= 11 is 0. The maximum absolute atomic E-state index is 12.3. The Morgan fingerprint density at radius 1 is 0.931 bits per heavy atom. The molecule has 29 heavy (non-hydrogen) atoms. The molecule has 6 heteroatoms. The monoisotopic (exact) mass is 392 g/mol. The number of fused-ring (bicyclic) bond motifs is 1. The summed E-state index contributed by atoms with van der Waals surface area (Å²) in [6.07, 6.45) is 2.07. The van der Waals surface area contributed by atoms with Gasteiger partial charge in [0.25, 0.3) is 0 Å². The van der Waals surface area contributed by atoms with E-state index in [9.17, 15) is 14.4 Å². The van der Waals surface area contributed by atoms with E-state index in [4.69, 9.17) is 4.42 Å². The first kappa shape index (κ1) is 20.3. The summed E-state index contributed by atoms with van der Waals surface area (Å²) in [5.74, 6) is -0.939. The van der Waals surface area contributed by atoms with E-state index in [1.165, 1.54) is 5.56 Å². The maximum atomic E-state index is 12.3. The Morgan fingerprint density at radius 2 is 1.66 bits per heavy atom. The number of ketones is 1. The van der Waals surface area contributed by atoms with Gasteiger partial charge in [-0.1, -0.05) is 55.8 Å². The van der Waals surface area contributed by atoms with Gasteiger partial charge in [-0.2, -0.15) is 0 Å². The molecular formula is C23H24N2O4. The largest absolute Gasteiger partial charge is 0.451 e. The predicted octanol–water partition coefficient (Wildman–Crippen LogP) is 4.12.